The summed E-state index contributed by atoms with van der Waals surface area (Å²) in [5, 5.41) is 6.47. The molecule has 1 aromatic heterocycles. The lowest BCUT2D eigenvalue weighted by Gasteiger charge is -2.28. The highest BCUT2D eigenvalue weighted by molar-refractivity contribution is 6.01. The fraction of sp³-hybridized carbons (Fsp3) is 0.455. The van der Waals surface area contributed by atoms with Gasteiger partial charge in [-0.15, -0.1) is 0 Å². The Hall–Kier alpha value is -2.38. The number of aromatic nitrogens is 2. The number of amides is 3. The van der Waals surface area contributed by atoms with Gasteiger partial charge in [-0.1, -0.05) is 0 Å². The molecule has 8 nitrogen and oxygen atoms in total. The van der Waals surface area contributed by atoms with E-state index >= 15 is 0 Å². The van der Waals surface area contributed by atoms with Crippen molar-refractivity contribution in [2.24, 2.45) is 0 Å². The van der Waals surface area contributed by atoms with Crippen LogP contribution in [0, 0.1) is 0 Å². The quantitative estimate of drug-likeness (QED) is 0.662. The molecule has 0 radical (unpaired) electrons. The number of likely N-dealkylation sites (tertiary alicyclic amines) is 1. The average molecular weight is 265 g/mol. The molecule has 0 spiro atoms. The lowest BCUT2D eigenvalue weighted by Crippen LogP contribution is -2.53. The van der Waals surface area contributed by atoms with Crippen LogP contribution < -0.4 is 11.1 Å². The van der Waals surface area contributed by atoms with Gasteiger partial charge >= 0.3 is 0 Å². The monoisotopic (exact) mass is 265 g/mol. The summed E-state index contributed by atoms with van der Waals surface area (Å²) in [7, 11) is 1.41. The first-order chi connectivity index (χ1) is 8.97. The van der Waals surface area contributed by atoms with Gasteiger partial charge in [-0.3, -0.25) is 24.0 Å². The second-order valence-corrected chi connectivity index (χ2v) is 4.42. The maximum Gasteiger partial charge on any atom is 0.251 e. The summed E-state index contributed by atoms with van der Waals surface area (Å²) in [4.78, 5) is 35.9. The summed E-state index contributed by atoms with van der Waals surface area (Å²) in [6.45, 7) is -0.0152. The van der Waals surface area contributed by atoms with Gasteiger partial charge in [0.25, 0.3) is 5.91 Å². The summed E-state index contributed by atoms with van der Waals surface area (Å²) in [6, 6.07) is -0.650. The second kappa shape index (κ2) is 5.09. The Bertz CT molecular complexity index is 524. The molecule has 102 valence electrons. The van der Waals surface area contributed by atoms with Crippen molar-refractivity contribution in [3.63, 3.8) is 0 Å². The number of piperidine rings is 1. The zero-order valence-electron chi connectivity index (χ0n) is 10.5. The molecular weight excluding hydrogens is 250 g/mol. The molecule has 0 saturated carbocycles. The minimum atomic E-state index is -0.650. The van der Waals surface area contributed by atoms with Crippen molar-refractivity contribution < 1.29 is 14.4 Å². The van der Waals surface area contributed by atoms with Gasteiger partial charge in [0.1, 0.15) is 12.6 Å². The number of hydrogen-bond donors (Lipinski definition) is 2. The summed E-state index contributed by atoms with van der Waals surface area (Å²) in [6.07, 6.45) is 3.54. The highest BCUT2D eigenvalue weighted by Crippen LogP contribution is 2.11. The van der Waals surface area contributed by atoms with Crippen LogP contribution in [0.5, 0.6) is 0 Å². The molecule has 0 aromatic carbocycles. The molecule has 2 rings (SSSR count). The SMILES string of the molecule is CN1C(=O)CCC(NC(=O)Cn2cc(N)cn2)C1=O. The molecule has 1 unspecified atom stereocenters. The number of nitrogens with two attached hydrogens (primary N) is 1. The van der Waals surface area contributed by atoms with Crippen molar-refractivity contribution in [3.05, 3.63) is 12.4 Å². The van der Waals surface area contributed by atoms with E-state index in [0.717, 1.165) is 4.90 Å². The van der Waals surface area contributed by atoms with E-state index in [1.54, 1.807) is 0 Å². The second-order valence-electron chi connectivity index (χ2n) is 4.42. The number of anilines is 1. The van der Waals surface area contributed by atoms with Gasteiger partial charge in [0, 0.05) is 19.7 Å². The van der Waals surface area contributed by atoms with E-state index in [-0.39, 0.29) is 30.7 Å². The summed E-state index contributed by atoms with van der Waals surface area (Å²) in [5.41, 5.74) is 5.95. The van der Waals surface area contributed by atoms with Gasteiger partial charge in [0.2, 0.25) is 11.8 Å². The third-order valence-corrected chi connectivity index (χ3v) is 2.94. The Balaban J connectivity index is 1.92. The molecular formula is C11H15N5O3. The van der Waals surface area contributed by atoms with Gasteiger partial charge in [0.05, 0.1) is 11.9 Å². The fourth-order valence-electron chi connectivity index (χ4n) is 1.90. The molecule has 3 N–H and O–H groups in total. The van der Waals surface area contributed by atoms with Gasteiger partial charge in [-0.2, -0.15) is 5.10 Å². The largest absolute Gasteiger partial charge is 0.396 e. The van der Waals surface area contributed by atoms with Crippen LogP contribution in [0.2, 0.25) is 0 Å². The van der Waals surface area contributed by atoms with E-state index in [2.05, 4.69) is 10.4 Å². The van der Waals surface area contributed by atoms with Crippen LogP contribution in [-0.4, -0.2) is 45.5 Å². The summed E-state index contributed by atoms with van der Waals surface area (Å²) in [5.74, 6) is -0.955. The molecule has 2 heterocycles. The van der Waals surface area contributed by atoms with E-state index in [9.17, 15) is 14.4 Å². The van der Waals surface area contributed by atoms with E-state index in [4.69, 9.17) is 5.73 Å². The predicted octanol–water partition coefficient (Wildman–Crippen LogP) is -1.27. The Morgan fingerprint density at radius 2 is 2.32 bits per heavy atom. The Labute approximate surface area is 109 Å². The molecule has 1 aliphatic heterocycles. The molecule has 1 aliphatic rings. The first kappa shape index (κ1) is 13.1. The van der Waals surface area contributed by atoms with Crippen LogP contribution in [0.3, 0.4) is 0 Å². The normalized spacial score (nSPS) is 19.6. The highest BCUT2D eigenvalue weighted by Gasteiger charge is 2.32. The lowest BCUT2D eigenvalue weighted by molar-refractivity contribution is -0.149. The van der Waals surface area contributed by atoms with Crippen LogP contribution in [0.4, 0.5) is 5.69 Å². The van der Waals surface area contributed by atoms with Crippen molar-refractivity contribution in [1.29, 1.82) is 0 Å². The number of carbonyl (C=O) groups excluding carboxylic acids is 3. The van der Waals surface area contributed by atoms with Crippen LogP contribution >= 0.6 is 0 Å². The number of rotatable bonds is 3. The van der Waals surface area contributed by atoms with E-state index in [0.29, 0.717) is 12.1 Å². The summed E-state index contributed by atoms with van der Waals surface area (Å²) < 4.78 is 1.38. The number of carbonyl (C=O) groups is 3. The van der Waals surface area contributed by atoms with Gasteiger partial charge in [0.15, 0.2) is 0 Å². The van der Waals surface area contributed by atoms with Crippen molar-refractivity contribution in [2.75, 3.05) is 12.8 Å². The number of hydrogen-bond acceptors (Lipinski definition) is 5. The van der Waals surface area contributed by atoms with E-state index in [1.807, 2.05) is 0 Å². The van der Waals surface area contributed by atoms with E-state index < -0.39 is 6.04 Å². The number of nitrogen functional groups attached to an aromatic ring is 1. The number of nitrogens with zero attached hydrogens (tertiary/aromatic N) is 3. The third kappa shape index (κ3) is 2.90. The van der Waals surface area contributed by atoms with Crippen LogP contribution in [0.1, 0.15) is 12.8 Å². The minimum Gasteiger partial charge on any atom is -0.396 e. The van der Waals surface area contributed by atoms with Gasteiger partial charge in [-0.05, 0) is 6.42 Å². The van der Waals surface area contributed by atoms with E-state index in [1.165, 1.54) is 24.1 Å². The molecule has 0 aliphatic carbocycles. The first-order valence-electron chi connectivity index (χ1n) is 5.85. The Morgan fingerprint density at radius 3 is 2.95 bits per heavy atom. The zero-order chi connectivity index (χ0) is 14.0. The van der Waals surface area contributed by atoms with Gasteiger partial charge in [-0.25, -0.2) is 0 Å². The zero-order valence-corrected chi connectivity index (χ0v) is 10.5. The third-order valence-electron chi connectivity index (χ3n) is 2.94. The van der Waals surface area contributed by atoms with Crippen molar-refractivity contribution in [3.8, 4) is 0 Å². The molecule has 1 saturated heterocycles. The number of likely N-dealkylation sites (N-methyl/N-ethyl adjacent to an activating group) is 1. The molecule has 8 heteroatoms. The van der Waals surface area contributed by atoms with Crippen molar-refractivity contribution in [2.45, 2.75) is 25.4 Å². The maximum absolute atomic E-state index is 11.8. The topological polar surface area (TPSA) is 110 Å². The van der Waals surface area contributed by atoms with Crippen LogP contribution in [-0.2, 0) is 20.9 Å². The molecule has 3 amide bonds. The molecule has 1 aromatic rings. The fourth-order valence-corrected chi connectivity index (χ4v) is 1.90. The standard InChI is InChI=1S/C11H15N5O3/c1-15-10(18)3-2-8(11(15)19)14-9(17)6-16-5-7(12)4-13-16/h4-5,8H,2-3,6,12H2,1H3,(H,14,17). The highest BCUT2D eigenvalue weighted by atomic mass is 16.2. The number of nitrogens with one attached hydrogen (secondary N) is 1. The maximum atomic E-state index is 11.8. The molecule has 19 heavy (non-hydrogen) atoms. The lowest BCUT2D eigenvalue weighted by atomic mass is 10.0. The summed E-state index contributed by atoms with van der Waals surface area (Å²) >= 11 is 0. The molecule has 0 bridgehead atoms. The molecule has 1 fully saturated rings. The van der Waals surface area contributed by atoms with Crippen LogP contribution in [0.15, 0.2) is 12.4 Å². The van der Waals surface area contributed by atoms with Crippen molar-refractivity contribution in [1.82, 2.24) is 20.0 Å². The van der Waals surface area contributed by atoms with Crippen LogP contribution in [0.25, 0.3) is 0 Å². The molecule has 1 atom stereocenters. The average Bonchev–Trinajstić information content (AvgIpc) is 2.75. The number of imide groups is 1. The van der Waals surface area contributed by atoms with Crippen molar-refractivity contribution >= 4 is 23.4 Å². The Morgan fingerprint density at radius 1 is 1.58 bits per heavy atom. The Kier molecular flexibility index (Phi) is 3.50. The minimum absolute atomic E-state index is 0.0152. The smallest absolute Gasteiger partial charge is 0.251 e. The van der Waals surface area contributed by atoms with Gasteiger partial charge < -0.3 is 11.1 Å². The first-order valence-corrected chi connectivity index (χ1v) is 5.85. The predicted molar refractivity (Wildman–Crippen MR) is 65.6 cm³/mol.